The fourth-order valence-electron chi connectivity index (χ4n) is 2.22. The van der Waals surface area contributed by atoms with Gasteiger partial charge in [-0.2, -0.15) is 0 Å². The van der Waals surface area contributed by atoms with Crippen molar-refractivity contribution in [2.45, 2.75) is 40.0 Å². The molecule has 1 fully saturated rings. The Morgan fingerprint density at radius 3 is 2.53 bits per heavy atom. The Morgan fingerprint density at radius 1 is 1.32 bits per heavy atom. The van der Waals surface area contributed by atoms with E-state index in [1.54, 1.807) is 0 Å². The van der Waals surface area contributed by atoms with E-state index in [1.165, 1.54) is 30.4 Å². The van der Waals surface area contributed by atoms with Crippen molar-refractivity contribution in [1.29, 1.82) is 0 Å². The van der Waals surface area contributed by atoms with Gasteiger partial charge < -0.3 is 11.1 Å². The van der Waals surface area contributed by atoms with E-state index in [2.05, 4.69) is 43.2 Å². The van der Waals surface area contributed by atoms with Crippen LogP contribution in [0.25, 0.3) is 0 Å². The Hall–Kier alpha value is -0.780. The predicted octanol–water partition coefficient (Wildman–Crippen LogP) is 3.84. The number of aliphatic imine (C=N–C) groups is 1. The van der Waals surface area contributed by atoms with E-state index in [1.807, 2.05) is 6.07 Å². The highest BCUT2D eigenvalue weighted by Crippen LogP contribution is 2.40. The maximum absolute atomic E-state index is 5.92. The van der Waals surface area contributed by atoms with Crippen molar-refractivity contribution in [1.82, 2.24) is 0 Å². The molecule has 0 unspecified atom stereocenters. The molecular weight excluding hydrogens is 349 g/mol. The van der Waals surface area contributed by atoms with Crippen molar-refractivity contribution < 1.29 is 0 Å². The summed E-state index contributed by atoms with van der Waals surface area (Å²) >= 11 is 0. The minimum Gasteiger partial charge on any atom is -0.370 e. The fourth-order valence-corrected chi connectivity index (χ4v) is 2.22. The number of hydrogen-bond donors (Lipinski definition) is 2. The predicted molar refractivity (Wildman–Crippen MR) is 93.4 cm³/mol. The highest BCUT2D eigenvalue weighted by Gasteiger charge is 2.31. The van der Waals surface area contributed by atoms with Crippen LogP contribution in [0.15, 0.2) is 23.2 Å². The van der Waals surface area contributed by atoms with Crippen LogP contribution in [-0.4, -0.2) is 12.5 Å². The summed E-state index contributed by atoms with van der Waals surface area (Å²) in [6.45, 7) is 7.32. The van der Waals surface area contributed by atoms with E-state index < -0.39 is 0 Å². The minimum absolute atomic E-state index is 0. The number of halogens is 1. The summed E-state index contributed by atoms with van der Waals surface area (Å²) in [6.07, 6.45) is 3.87. The lowest BCUT2D eigenvalue weighted by Gasteiger charge is -2.36. The first-order chi connectivity index (χ1) is 8.48. The summed E-state index contributed by atoms with van der Waals surface area (Å²) < 4.78 is 0. The van der Waals surface area contributed by atoms with Crippen LogP contribution in [0.3, 0.4) is 0 Å². The smallest absolute Gasteiger partial charge is 0.193 e. The molecule has 0 aromatic heterocycles. The molecule has 3 nitrogen and oxygen atoms in total. The fraction of sp³-hybridized carbons (Fsp3) is 0.533. The van der Waals surface area contributed by atoms with Crippen molar-refractivity contribution in [3.05, 3.63) is 29.3 Å². The van der Waals surface area contributed by atoms with Crippen LogP contribution in [0.5, 0.6) is 0 Å². The quantitative estimate of drug-likeness (QED) is 0.481. The molecule has 0 spiro atoms. The molecule has 0 heterocycles. The summed E-state index contributed by atoms with van der Waals surface area (Å²) in [7, 11) is 0. The van der Waals surface area contributed by atoms with Gasteiger partial charge in [-0.15, -0.1) is 24.0 Å². The van der Waals surface area contributed by atoms with Crippen LogP contribution in [0, 0.1) is 19.3 Å². The topological polar surface area (TPSA) is 50.4 Å². The first-order valence-electron chi connectivity index (χ1n) is 6.63. The van der Waals surface area contributed by atoms with Gasteiger partial charge in [-0.3, -0.25) is 4.99 Å². The van der Waals surface area contributed by atoms with Gasteiger partial charge in [-0.1, -0.05) is 19.4 Å². The van der Waals surface area contributed by atoms with Crippen molar-refractivity contribution in [3.63, 3.8) is 0 Å². The zero-order valence-corrected chi connectivity index (χ0v) is 14.3. The third kappa shape index (κ3) is 4.37. The first-order valence-corrected chi connectivity index (χ1v) is 6.63. The first kappa shape index (κ1) is 16.3. The van der Waals surface area contributed by atoms with E-state index in [0.717, 1.165) is 12.2 Å². The van der Waals surface area contributed by atoms with Crippen LogP contribution in [0.1, 0.15) is 37.3 Å². The van der Waals surface area contributed by atoms with Gasteiger partial charge in [-0.05, 0) is 55.4 Å². The second kappa shape index (κ2) is 6.59. The average molecular weight is 373 g/mol. The lowest BCUT2D eigenvalue weighted by atomic mass is 9.71. The number of nitrogens with one attached hydrogen (secondary N) is 1. The van der Waals surface area contributed by atoms with E-state index in [9.17, 15) is 0 Å². The van der Waals surface area contributed by atoms with Gasteiger partial charge in [-0.25, -0.2) is 0 Å². The lowest BCUT2D eigenvalue weighted by molar-refractivity contribution is 0.174. The molecule has 1 aliphatic carbocycles. The largest absolute Gasteiger partial charge is 0.370 e. The van der Waals surface area contributed by atoms with Gasteiger partial charge >= 0.3 is 0 Å². The third-order valence-corrected chi connectivity index (χ3v) is 3.97. The van der Waals surface area contributed by atoms with Gasteiger partial charge in [0.25, 0.3) is 0 Å². The standard InChI is InChI=1S/C15H23N3.HI/c1-11-5-6-13(9-12(11)2)18-14(16)17-10-15(3)7-4-8-15;/h5-6,9H,4,7-8,10H2,1-3H3,(H3,16,17,18);1H. The van der Waals surface area contributed by atoms with Gasteiger partial charge in [0.05, 0.1) is 0 Å². The summed E-state index contributed by atoms with van der Waals surface area (Å²) in [5.41, 5.74) is 9.87. The monoisotopic (exact) mass is 373 g/mol. The van der Waals surface area contributed by atoms with Gasteiger partial charge in [0, 0.05) is 12.2 Å². The molecule has 0 aliphatic heterocycles. The van der Waals surface area contributed by atoms with Gasteiger partial charge in [0.2, 0.25) is 0 Å². The van der Waals surface area contributed by atoms with Crippen molar-refractivity contribution in [2.24, 2.45) is 16.1 Å². The zero-order chi connectivity index (χ0) is 13.2. The van der Waals surface area contributed by atoms with Crippen LogP contribution in [-0.2, 0) is 0 Å². The minimum atomic E-state index is 0. The Balaban J connectivity index is 0.00000180. The molecule has 3 N–H and O–H groups in total. The Morgan fingerprint density at radius 2 is 2.00 bits per heavy atom. The molecule has 0 bridgehead atoms. The van der Waals surface area contributed by atoms with E-state index in [4.69, 9.17) is 5.73 Å². The van der Waals surface area contributed by atoms with E-state index in [0.29, 0.717) is 11.4 Å². The molecule has 19 heavy (non-hydrogen) atoms. The number of rotatable bonds is 3. The zero-order valence-electron chi connectivity index (χ0n) is 12.0. The molecule has 2 rings (SSSR count). The maximum Gasteiger partial charge on any atom is 0.193 e. The molecule has 0 saturated heterocycles. The van der Waals surface area contributed by atoms with Gasteiger partial charge in [0.15, 0.2) is 5.96 Å². The van der Waals surface area contributed by atoms with Crippen molar-refractivity contribution >= 4 is 35.6 Å². The lowest BCUT2D eigenvalue weighted by Crippen LogP contribution is -2.31. The highest BCUT2D eigenvalue weighted by atomic mass is 127. The van der Waals surface area contributed by atoms with Crippen LogP contribution in [0.4, 0.5) is 5.69 Å². The van der Waals surface area contributed by atoms with Crippen molar-refractivity contribution in [3.8, 4) is 0 Å². The number of aryl methyl sites for hydroxylation is 2. The number of hydrogen-bond acceptors (Lipinski definition) is 1. The Bertz CT molecular complexity index is 464. The summed E-state index contributed by atoms with van der Waals surface area (Å²) in [5, 5.41) is 3.16. The van der Waals surface area contributed by atoms with E-state index in [-0.39, 0.29) is 24.0 Å². The van der Waals surface area contributed by atoms with Gasteiger partial charge in [0.1, 0.15) is 0 Å². The number of benzene rings is 1. The van der Waals surface area contributed by atoms with Crippen LogP contribution >= 0.6 is 24.0 Å². The Kier molecular flexibility index (Phi) is 5.64. The molecule has 0 atom stereocenters. The molecule has 1 aromatic rings. The highest BCUT2D eigenvalue weighted by molar-refractivity contribution is 14.0. The summed E-state index contributed by atoms with van der Waals surface area (Å²) in [6, 6.07) is 6.23. The molecule has 1 aromatic carbocycles. The molecule has 1 saturated carbocycles. The van der Waals surface area contributed by atoms with Crippen LogP contribution in [0.2, 0.25) is 0 Å². The average Bonchev–Trinajstić information content (AvgIpc) is 2.29. The molecule has 1 aliphatic rings. The third-order valence-electron chi connectivity index (χ3n) is 3.97. The molecular formula is C15H24IN3. The second-order valence-electron chi connectivity index (χ2n) is 5.79. The second-order valence-corrected chi connectivity index (χ2v) is 5.79. The number of guanidine groups is 1. The number of nitrogens with two attached hydrogens (primary N) is 1. The summed E-state index contributed by atoms with van der Waals surface area (Å²) in [4.78, 5) is 4.45. The number of anilines is 1. The molecule has 0 amide bonds. The van der Waals surface area contributed by atoms with E-state index >= 15 is 0 Å². The Labute approximate surface area is 133 Å². The summed E-state index contributed by atoms with van der Waals surface area (Å²) in [5.74, 6) is 0.520. The number of nitrogens with zero attached hydrogens (tertiary/aromatic N) is 1. The maximum atomic E-state index is 5.92. The van der Waals surface area contributed by atoms with Crippen LogP contribution < -0.4 is 11.1 Å². The van der Waals surface area contributed by atoms with Crippen molar-refractivity contribution in [2.75, 3.05) is 11.9 Å². The molecule has 0 radical (unpaired) electrons. The normalized spacial score (nSPS) is 17.3. The molecule has 106 valence electrons. The molecule has 4 heteroatoms. The SMILES string of the molecule is Cc1ccc(NC(N)=NCC2(C)CCC2)cc1C.I.